The van der Waals surface area contributed by atoms with Crippen LogP contribution in [0.15, 0.2) is 97.2 Å². The molecule has 1 atom stereocenters. The third kappa shape index (κ3) is 67.1. The van der Waals surface area contributed by atoms with Gasteiger partial charge in [-0.05, 0) is 103 Å². The van der Waals surface area contributed by atoms with Gasteiger partial charge in [0.1, 0.15) is 13.2 Å². The van der Waals surface area contributed by atoms with Crippen molar-refractivity contribution in [3.8, 4) is 0 Å². The topological polar surface area (TPSA) is 78.9 Å². The molecule has 0 fully saturated rings. The minimum atomic E-state index is -0.782. The highest BCUT2D eigenvalue weighted by Crippen LogP contribution is 2.17. The van der Waals surface area contributed by atoms with Gasteiger partial charge in [0.05, 0.1) is 0 Å². The lowest BCUT2D eigenvalue weighted by atomic mass is 10.0. The molecule has 0 bridgehead atoms. The van der Waals surface area contributed by atoms with Crippen LogP contribution in [0.1, 0.15) is 348 Å². The number of rotatable bonds is 64. The van der Waals surface area contributed by atoms with Crippen LogP contribution in [0.3, 0.4) is 0 Å². The lowest BCUT2D eigenvalue weighted by molar-refractivity contribution is -0.167. The molecule has 0 heterocycles. The van der Waals surface area contributed by atoms with Crippen LogP contribution in [0.4, 0.5) is 0 Å². The summed E-state index contributed by atoms with van der Waals surface area (Å²) in [6.07, 6.45) is 94.3. The second kappa shape index (κ2) is 69.8. The smallest absolute Gasteiger partial charge is 0.306 e. The van der Waals surface area contributed by atoms with E-state index in [2.05, 4.69) is 118 Å². The van der Waals surface area contributed by atoms with E-state index in [1.54, 1.807) is 0 Å². The summed E-state index contributed by atoms with van der Waals surface area (Å²) in [6.45, 7) is 6.54. The average Bonchev–Trinajstić information content (AvgIpc) is 3.47. The molecule has 6 nitrogen and oxygen atoms in total. The van der Waals surface area contributed by atoms with E-state index in [-0.39, 0.29) is 31.1 Å². The van der Waals surface area contributed by atoms with Gasteiger partial charge in [0.15, 0.2) is 6.10 Å². The van der Waals surface area contributed by atoms with Crippen molar-refractivity contribution < 1.29 is 28.6 Å². The Balaban J connectivity index is 4.26. The van der Waals surface area contributed by atoms with Crippen molar-refractivity contribution >= 4 is 17.9 Å². The molecule has 0 aliphatic rings. The molecule has 0 aliphatic heterocycles. The van der Waals surface area contributed by atoms with Gasteiger partial charge < -0.3 is 14.2 Å². The normalized spacial score (nSPS) is 12.7. The largest absolute Gasteiger partial charge is 0.462 e. The number of hydrogen-bond donors (Lipinski definition) is 0. The van der Waals surface area contributed by atoms with E-state index in [0.29, 0.717) is 19.3 Å². The molecule has 472 valence electrons. The second-order valence-corrected chi connectivity index (χ2v) is 23.4. The van der Waals surface area contributed by atoms with Gasteiger partial charge in [-0.3, -0.25) is 14.4 Å². The summed E-state index contributed by atoms with van der Waals surface area (Å²) in [4.78, 5) is 38.4. The van der Waals surface area contributed by atoms with Crippen molar-refractivity contribution in [3.05, 3.63) is 97.2 Å². The maximum atomic E-state index is 12.9. The minimum absolute atomic E-state index is 0.0768. The molecule has 0 radical (unpaired) electrons. The van der Waals surface area contributed by atoms with Gasteiger partial charge >= 0.3 is 17.9 Å². The molecule has 0 amide bonds. The Labute approximate surface area is 508 Å². The fourth-order valence-corrected chi connectivity index (χ4v) is 10.1. The molecular weight excluding hydrogens is 1010 g/mol. The van der Waals surface area contributed by atoms with Gasteiger partial charge in [-0.15, -0.1) is 0 Å². The molecule has 82 heavy (non-hydrogen) atoms. The van der Waals surface area contributed by atoms with Crippen molar-refractivity contribution in [3.63, 3.8) is 0 Å². The molecule has 1 unspecified atom stereocenters. The summed E-state index contributed by atoms with van der Waals surface area (Å²) in [7, 11) is 0. The maximum absolute atomic E-state index is 12.9. The summed E-state index contributed by atoms with van der Waals surface area (Å²) in [5, 5.41) is 0. The number of unbranched alkanes of at least 4 members (excludes halogenated alkanes) is 37. The Hall–Kier alpha value is -3.67. The highest BCUT2D eigenvalue weighted by atomic mass is 16.6. The number of carbonyl (C=O) groups excluding carboxylic acids is 3. The van der Waals surface area contributed by atoms with Gasteiger partial charge in [-0.1, -0.05) is 323 Å². The average molecular weight is 1140 g/mol. The molecular formula is C76H132O6. The number of allylic oxidation sites excluding steroid dienone is 16. The molecule has 0 aromatic heterocycles. The standard InChI is InChI=1S/C76H132O6/c1-4-7-10-13-16-19-22-25-27-29-31-33-35-36-37-38-39-40-42-43-45-47-49-51-54-57-60-63-66-69-75(78)81-72-73(71-80-74(77)68-65-62-59-56-53-24-21-18-15-12-9-6-3)82-76(79)70-67-64-61-58-55-52-50-48-46-44-41-34-32-30-28-26-23-20-17-14-11-8-5-2/h7,10,16,19,23,25-27,30-33,36-37,41,44,73H,4-6,8-9,11-15,17-18,20-22,24,28-29,34-35,38-40,42-43,45-72H2,1-3H3/b10-7-,19-16-,26-23-,27-25-,32-30-,33-31-,37-36-,44-41-. The Morgan fingerprint density at radius 3 is 0.744 bits per heavy atom. The van der Waals surface area contributed by atoms with Crippen LogP contribution < -0.4 is 0 Å². The molecule has 0 spiro atoms. The molecule has 6 heteroatoms. The molecule has 0 rings (SSSR count). The van der Waals surface area contributed by atoms with E-state index < -0.39 is 6.10 Å². The Morgan fingerprint density at radius 1 is 0.256 bits per heavy atom. The summed E-state index contributed by atoms with van der Waals surface area (Å²) in [6, 6.07) is 0. The van der Waals surface area contributed by atoms with Gasteiger partial charge in [-0.2, -0.15) is 0 Å². The molecule has 0 saturated carbocycles. The maximum Gasteiger partial charge on any atom is 0.306 e. The van der Waals surface area contributed by atoms with Gasteiger partial charge in [-0.25, -0.2) is 0 Å². The summed E-state index contributed by atoms with van der Waals surface area (Å²) >= 11 is 0. The predicted octanol–water partition coefficient (Wildman–Crippen LogP) is 24.4. The van der Waals surface area contributed by atoms with Crippen molar-refractivity contribution in [2.24, 2.45) is 0 Å². The van der Waals surface area contributed by atoms with Crippen LogP contribution in [0.2, 0.25) is 0 Å². The van der Waals surface area contributed by atoms with Crippen LogP contribution >= 0.6 is 0 Å². The van der Waals surface area contributed by atoms with Crippen LogP contribution in [0, 0.1) is 0 Å². The van der Waals surface area contributed by atoms with E-state index in [4.69, 9.17) is 14.2 Å². The van der Waals surface area contributed by atoms with Crippen molar-refractivity contribution in [1.29, 1.82) is 0 Å². The first kappa shape index (κ1) is 78.3. The lowest BCUT2D eigenvalue weighted by Crippen LogP contribution is -2.30. The van der Waals surface area contributed by atoms with Crippen molar-refractivity contribution in [1.82, 2.24) is 0 Å². The lowest BCUT2D eigenvalue weighted by Gasteiger charge is -2.18. The predicted molar refractivity (Wildman–Crippen MR) is 357 cm³/mol. The zero-order valence-electron chi connectivity index (χ0n) is 54.2. The zero-order chi connectivity index (χ0) is 59.2. The Kier molecular flexibility index (Phi) is 66.7. The monoisotopic (exact) mass is 1140 g/mol. The summed E-state index contributed by atoms with van der Waals surface area (Å²) < 4.78 is 17.0. The summed E-state index contributed by atoms with van der Waals surface area (Å²) in [5.41, 5.74) is 0. The second-order valence-electron chi connectivity index (χ2n) is 23.4. The van der Waals surface area contributed by atoms with E-state index in [9.17, 15) is 14.4 Å². The fourth-order valence-electron chi connectivity index (χ4n) is 10.1. The molecule has 0 aromatic carbocycles. The first-order valence-electron chi connectivity index (χ1n) is 35.2. The first-order valence-corrected chi connectivity index (χ1v) is 35.2. The third-order valence-electron chi connectivity index (χ3n) is 15.3. The van der Waals surface area contributed by atoms with Crippen LogP contribution in [0.25, 0.3) is 0 Å². The Bertz CT molecular complexity index is 1590. The zero-order valence-corrected chi connectivity index (χ0v) is 54.2. The van der Waals surface area contributed by atoms with E-state index in [1.807, 2.05) is 0 Å². The molecule has 0 aliphatic carbocycles. The highest BCUT2D eigenvalue weighted by Gasteiger charge is 2.19. The first-order chi connectivity index (χ1) is 40.5. The van der Waals surface area contributed by atoms with Crippen LogP contribution in [0.5, 0.6) is 0 Å². The van der Waals surface area contributed by atoms with Crippen LogP contribution in [-0.2, 0) is 28.6 Å². The quantitative estimate of drug-likeness (QED) is 0.0261. The number of ether oxygens (including phenoxy) is 3. The van der Waals surface area contributed by atoms with Gasteiger partial charge in [0.25, 0.3) is 0 Å². The van der Waals surface area contributed by atoms with Crippen LogP contribution in [-0.4, -0.2) is 37.2 Å². The SMILES string of the molecule is CC/C=C\C/C=C\C/C=C\C/C=C\C/C=C\CCCCCCCCCCCCCCCC(=O)OCC(COC(=O)CCCCCCCCCCCCCC)OC(=O)CCCCCCCCCC/C=C\C/C=C\C/C=C\CCCCCCC. The van der Waals surface area contributed by atoms with E-state index in [0.717, 1.165) is 109 Å². The fraction of sp³-hybridized carbons (Fsp3) is 0.750. The highest BCUT2D eigenvalue weighted by molar-refractivity contribution is 5.71. The number of esters is 3. The molecule has 0 N–H and O–H groups in total. The molecule has 0 saturated heterocycles. The summed E-state index contributed by atoms with van der Waals surface area (Å²) in [5.74, 6) is -0.869. The molecule has 0 aromatic rings. The number of hydrogen-bond acceptors (Lipinski definition) is 6. The van der Waals surface area contributed by atoms with Crippen molar-refractivity contribution in [2.45, 2.75) is 354 Å². The number of carbonyl (C=O) groups is 3. The van der Waals surface area contributed by atoms with E-state index >= 15 is 0 Å². The van der Waals surface area contributed by atoms with Gasteiger partial charge in [0, 0.05) is 19.3 Å². The van der Waals surface area contributed by atoms with Gasteiger partial charge in [0.2, 0.25) is 0 Å². The van der Waals surface area contributed by atoms with Crippen molar-refractivity contribution in [2.75, 3.05) is 13.2 Å². The third-order valence-corrected chi connectivity index (χ3v) is 15.3. The minimum Gasteiger partial charge on any atom is -0.462 e. The Morgan fingerprint density at radius 2 is 0.476 bits per heavy atom. The van der Waals surface area contributed by atoms with E-state index in [1.165, 1.54) is 199 Å².